The van der Waals surface area contributed by atoms with Gasteiger partial charge in [-0.1, -0.05) is 53.0 Å². The van der Waals surface area contributed by atoms with E-state index in [0.29, 0.717) is 31.3 Å². The molecule has 3 unspecified atom stereocenters. The lowest BCUT2D eigenvalue weighted by molar-refractivity contribution is -0.913. The summed E-state index contributed by atoms with van der Waals surface area (Å²) in [5.41, 5.74) is 2.42. The van der Waals surface area contributed by atoms with E-state index in [1.807, 2.05) is 20.0 Å². The number of piperazine rings is 1. The van der Waals surface area contributed by atoms with E-state index in [0.717, 1.165) is 99.3 Å². The fourth-order valence-corrected chi connectivity index (χ4v) is 6.36. The highest BCUT2D eigenvalue weighted by Gasteiger charge is 2.36. The first-order valence-electron chi connectivity index (χ1n) is 18.6. The molecule has 1 aliphatic rings. The molecule has 0 bridgehead atoms. The largest absolute Gasteiger partial charge is 0.419 e. The topological polar surface area (TPSA) is 60.0 Å². The highest BCUT2D eigenvalue weighted by molar-refractivity contribution is 5.94. The van der Waals surface area contributed by atoms with Crippen LogP contribution in [0.1, 0.15) is 98.5 Å². The maximum absolute atomic E-state index is 14.4. The summed E-state index contributed by atoms with van der Waals surface area (Å²) in [5, 5.41) is 6.35. The molecule has 1 aliphatic heterocycles. The van der Waals surface area contributed by atoms with Gasteiger partial charge in [0.2, 0.25) is 0 Å². The Labute approximate surface area is 295 Å². The van der Waals surface area contributed by atoms with Crippen LogP contribution in [0.2, 0.25) is 0 Å². The van der Waals surface area contributed by atoms with E-state index in [4.69, 9.17) is 0 Å². The van der Waals surface area contributed by atoms with E-state index >= 15 is 0 Å². The number of nitrogens with zero attached hydrogens (tertiary/aromatic N) is 4. The summed E-state index contributed by atoms with van der Waals surface area (Å²) in [6.45, 7) is 16.4. The van der Waals surface area contributed by atoms with Crippen molar-refractivity contribution in [2.75, 3.05) is 64.1 Å². The Morgan fingerprint density at radius 2 is 1.90 bits per heavy atom. The number of allylic oxidation sites excluding steroid dienone is 2. The molecule has 3 atom stereocenters. The number of alkyl halides is 3. The van der Waals surface area contributed by atoms with Crippen molar-refractivity contribution in [3.63, 3.8) is 0 Å². The highest BCUT2D eigenvalue weighted by atomic mass is 19.4. The number of carbonyl (C=O) groups is 1. The van der Waals surface area contributed by atoms with Crippen molar-refractivity contribution in [3.05, 3.63) is 47.3 Å². The first-order valence-corrected chi connectivity index (χ1v) is 18.6. The number of hydrogen-bond donors (Lipinski definition) is 2. The molecule has 0 saturated carbocycles. The summed E-state index contributed by atoms with van der Waals surface area (Å²) in [4.78, 5) is 20.5. The molecule has 0 radical (unpaired) electrons. The average molecular weight is 692 g/mol. The summed E-state index contributed by atoms with van der Waals surface area (Å²) in [5.74, 6) is 0.445. The van der Waals surface area contributed by atoms with Gasteiger partial charge in [-0.05, 0) is 89.7 Å². The number of nitrogens with one attached hydrogen (secondary N) is 2. The molecule has 0 aromatic heterocycles. The predicted octanol–water partition coefficient (Wildman–Crippen LogP) is 8.58. The minimum atomic E-state index is -4.57. The summed E-state index contributed by atoms with van der Waals surface area (Å²) in [6.07, 6.45) is 6.57. The molecular formula is C39H66F3N6O+. The van der Waals surface area contributed by atoms with Crippen LogP contribution in [0.5, 0.6) is 0 Å². The van der Waals surface area contributed by atoms with Gasteiger partial charge in [-0.2, -0.15) is 13.2 Å². The molecule has 2 rings (SSSR count). The number of aliphatic imine (C=N–C) groups is 1. The zero-order chi connectivity index (χ0) is 36.6. The number of benzene rings is 1. The summed E-state index contributed by atoms with van der Waals surface area (Å²) in [6, 6.07) is 7.07. The van der Waals surface area contributed by atoms with Gasteiger partial charge in [0.15, 0.2) is 0 Å². The highest BCUT2D eigenvalue weighted by Crippen LogP contribution is 2.31. The third kappa shape index (κ3) is 13.8. The molecule has 10 heteroatoms. The number of likely N-dealkylation sites (N-methyl/N-ethyl adjacent to an activating group) is 1. The Morgan fingerprint density at radius 3 is 2.49 bits per heavy atom. The van der Waals surface area contributed by atoms with Gasteiger partial charge in [0.1, 0.15) is 18.2 Å². The first-order chi connectivity index (χ1) is 23.2. The van der Waals surface area contributed by atoms with Gasteiger partial charge in [-0.15, -0.1) is 0 Å². The predicted molar refractivity (Wildman–Crippen MR) is 201 cm³/mol. The van der Waals surface area contributed by atoms with Gasteiger partial charge in [0.05, 0.1) is 39.3 Å². The van der Waals surface area contributed by atoms with Crippen LogP contribution in [0, 0.1) is 5.92 Å². The number of quaternary nitrogens is 1. The lowest BCUT2D eigenvalue weighted by Gasteiger charge is -2.45. The van der Waals surface area contributed by atoms with E-state index in [2.05, 4.69) is 79.3 Å². The SMILES string of the molecule is CCC/C=C(NCCCN(C)C(CC)CC(C=O)CCCC)/C(=C\N=C(C)Nc1ccc(N2CC[N+](C)(C)C(C)C2)cc1CC)C(F)(F)F. The third-order valence-corrected chi connectivity index (χ3v) is 10.2. The van der Waals surface area contributed by atoms with Crippen LogP contribution in [0.25, 0.3) is 0 Å². The van der Waals surface area contributed by atoms with Crippen LogP contribution in [0.4, 0.5) is 24.5 Å². The molecule has 1 aromatic carbocycles. The molecular weight excluding hydrogens is 625 g/mol. The second-order valence-electron chi connectivity index (χ2n) is 14.4. The van der Waals surface area contributed by atoms with Gasteiger partial charge in [0.25, 0.3) is 0 Å². The van der Waals surface area contributed by atoms with Crippen molar-refractivity contribution in [1.29, 1.82) is 0 Å². The molecule has 278 valence electrons. The maximum Gasteiger partial charge on any atom is 0.419 e. The Balaban J connectivity index is 2.14. The lowest BCUT2D eigenvalue weighted by Crippen LogP contribution is -2.60. The number of aryl methyl sites for hydroxylation is 1. The van der Waals surface area contributed by atoms with Gasteiger partial charge in [-0.25, -0.2) is 4.99 Å². The normalized spacial score (nSPS) is 18.8. The molecule has 2 N–H and O–H groups in total. The number of unbranched alkanes of at least 4 members (excludes halogenated alkanes) is 2. The van der Waals surface area contributed by atoms with Crippen molar-refractivity contribution in [2.24, 2.45) is 10.9 Å². The number of aldehydes is 1. The Kier molecular flexibility index (Phi) is 17.9. The van der Waals surface area contributed by atoms with Gasteiger partial charge in [-0.3, -0.25) is 0 Å². The second-order valence-corrected chi connectivity index (χ2v) is 14.4. The number of carbonyl (C=O) groups excluding carboxylic acids is 1. The molecule has 7 nitrogen and oxygen atoms in total. The fraction of sp³-hybridized carbons (Fsp3) is 0.692. The van der Waals surface area contributed by atoms with E-state index in [1.165, 1.54) is 5.69 Å². The number of hydrogen-bond acceptors (Lipinski definition) is 5. The summed E-state index contributed by atoms with van der Waals surface area (Å²) >= 11 is 0. The van der Waals surface area contributed by atoms with E-state index in [9.17, 15) is 18.0 Å². The van der Waals surface area contributed by atoms with Crippen LogP contribution in [0.3, 0.4) is 0 Å². The van der Waals surface area contributed by atoms with E-state index in [-0.39, 0.29) is 17.7 Å². The van der Waals surface area contributed by atoms with Crippen molar-refractivity contribution < 1.29 is 22.4 Å². The van der Waals surface area contributed by atoms with Crippen molar-refractivity contribution in [2.45, 2.75) is 118 Å². The zero-order valence-electron chi connectivity index (χ0n) is 31.9. The molecule has 0 aliphatic carbocycles. The van der Waals surface area contributed by atoms with E-state index < -0.39 is 11.7 Å². The first kappa shape index (κ1) is 42.3. The summed E-state index contributed by atoms with van der Waals surface area (Å²) in [7, 11) is 6.59. The van der Waals surface area contributed by atoms with Gasteiger partial charge in [0, 0.05) is 41.8 Å². The fourth-order valence-electron chi connectivity index (χ4n) is 6.36. The number of halogens is 3. The Hall–Kier alpha value is -2.85. The van der Waals surface area contributed by atoms with E-state index in [1.54, 1.807) is 13.0 Å². The maximum atomic E-state index is 14.4. The van der Waals surface area contributed by atoms with Crippen LogP contribution in [-0.2, 0) is 11.2 Å². The zero-order valence-corrected chi connectivity index (χ0v) is 31.9. The number of rotatable bonds is 20. The molecule has 1 fully saturated rings. The lowest BCUT2D eigenvalue weighted by atomic mass is 9.94. The van der Waals surface area contributed by atoms with Crippen molar-refractivity contribution >= 4 is 23.5 Å². The van der Waals surface area contributed by atoms with Crippen LogP contribution in [0.15, 0.2) is 46.7 Å². The Morgan fingerprint density at radius 1 is 1.16 bits per heavy atom. The quantitative estimate of drug-likeness (QED) is 0.0358. The van der Waals surface area contributed by atoms with Crippen LogP contribution < -0.4 is 15.5 Å². The second kappa shape index (κ2) is 20.7. The minimum absolute atomic E-state index is 0.0516. The smallest absolute Gasteiger partial charge is 0.385 e. The standard InChI is InChI=1S/C39H66F3N6O/c1-10-14-17-32(29-49)25-34(13-4)46(7)22-16-21-43-38(18-15-11-2)36(39(40,41)42)27-44-31(6)45-37-20-19-35(26-33(37)12-3)47-23-24-48(8,9)30(5)28-47/h18-20,26-27,29-30,32,34,43H,10-17,21-25,28H2,1-9H3,(H,44,45)/q+1/b36-27+,38-18-. The monoisotopic (exact) mass is 692 g/mol. The van der Waals surface area contributed by atoms with Crippen LogP contribution >= 0.6 is 0 Å². The molecule has 0 amide bonds. The molecule has 1 heterocycles. The van der Waals surface area contributed by atoms with Gasteiger partial charge < -0.3 is 29.7 Å². The molecule has 1 saturated heterocycles. The average Bonchev–Trinajstić information content (AvgIpc) is 3.06. The van der Waals surface area contributed by atoms with Crippen molar-refractivity contribution in [1.82, 2.24) is 10.2 Å². The minimum Gasteiger partial charge on any atom is -0.385 e. The number of amidine groups is 1. The number of anilines is 2. The Bertz CT molecular complexity index is 1240. The third-order valence-electron chi connectivity index (χ3n) is 10.2. The summed E-state index contributed by atoms with van der Waals surface area (Å²) < 4.78 is 44.3. The molecule has 0 spiro atoms. The van der Waals surface area contributed by atoms with Gasteiger partial charge >= 0.3 is 6.18 Å². The van der Waals surface area contributed by atoms with Crippen LogP contribution in [-0.4, -0.2) is 93.6 Å². The molecule has 49 heavy (non-hydrogen) atoms. The van der Waals surface area contributed by atoms with Crippen molar-refractivity contribution in [3.8, 4) is 0 Å². The molecule has 1 aromatic rings.